The second kappa shape index (κ2) is 17.4. The van der Waals surface area contributed by atoms with Crippen molar-refractivity contribution in [1.29, 1.82) is 0 Å². The first-order chi connectivity index (χ1) is 22.4. The molecule has 0 aromatic heterocycles. The summed E-state index contributed by atoms with van der Waals surface area (Å²) < 4.78 is 0. The van der Waals surface area contributed by atoms with Crippen LogP contribution in [0.4, 0.5) is 0 Å². The summed E-state index contributed by atoms with van der Waals surface area (Å²) in [4.78, 5) is 13.8. The molecule has 0 spiro atoms. The molecular weight excluding hydrogens is 653 g/mol. The van der Waals surface area contributed by atoms with Gasteiger partial charge >= 0.3 is 240 Å². The monoisotopic (exact) mass is 703 g/mol. The van der Waals surface area contributed by atoms with E-state index < -0.39 is 10.8 Å². The Bertz CT molecular complexity index is 1360. The fourth-order valence-corrected chi connectivity index (χ4v) is 13.8. The van der Waals surface area contributed by atoms with Crippen LogP contribution in [0.3, 0.4) is 0 Å². The van der Waals surface area contributed by atoms with Crippen LogP contribution in [-0.4, -0.2) is 41.0 Å². The number of rotatable bonds is 19. The number of aryl methyl sites for hydroxylation is 2. The van der Waals surface area contributed by atoms with Crippen molar-refractivity contribution in [3.05, 3.63) is 126 Å². The van der Waals surface area contributed by atoms with Crippen molar-refractivity contribution < 1.29 is 15.0 Å². The molecule has 0 atom stereocenters. The quantitative estimate of drug-likeness (QED) is 0.0697. The summed E-state index contributed by atoms with van der Waals surface area (Å²) in [6, 6.07) is 39.9. The van der Waals surface area contributed by atoms with Crippen LogP contribution in [0, 0.1) is 0 Å². The van der Waals surface area contributed by atoms with Gasteiger partial charge in [-0.1, -0.05) is 39.0 Å². The average molecular weight is 705 g/mol. The summed E-state index contributed by atoms with van der Waals surface area (Å²) in [5.41, 5.74) is 1.37. The molecule has 6 heteroatoms. The Morgan fingerprint density at radius 2 is 1.09 bits per heavy atom. The van der Waals surface area contributed by atoms with E-state index >= 15 is 0 Å². The Labute approximate surface area is 284 Å². The Balaban J connectivity index is 1.47. The molecule has 0 bridgehead atoms. The second-order valence-corrected chi connectivity index (χ2v) is 21.7. The molecule has 0 unspecified atom stereocenters. The van der Waals surface area contributed by atoms with Crippen LogP contribution in [0.15, 0.2) is 115 Å². The van der Waals surface area contributed by atoms with E-state index in [2.05, 4.69) is 88.4 Å². The minimum atomic E-state index is -3.27. The van der Waals surface area contributed by atoms with Crippen LogP contribution in [-0.2, 0) is 17.6 Å². The van der Waals surface area contributed by atoms with Crippen LogP contribution in [0.1, 0.15) is 69.4 Å². The van der Waals surface area contributed by atoms with E-state index in [-0.39, 0.29) is 25.5 Å². The normalized spacial score (nSPS) is 12.7. The summed E-state index contributed by atoms with van der Waals surface area (Å²) in [6.45, 7) is 1.58. The van der Waals surface area contributed by atoms with Gasteiger partial charge in [0.15, 0.2) is 0 Å². The first-order valence-electron chi connectivity index (χ1n) is 16.9. The fourth-order valence-electron chi connectivity index (χ4n) is 6.44. The second-order valence-electron chi connectivity index (χ2n) is 12.6. The number of benzene rings is 4. The predicted octanol–water partition coefficient (Wildman–Crippen LogP) is 7.59. The van der Waals surface area contributed by atoms with E-state index in [1.165, 1.54) is 44.1 Å². The standard InChI is InChI=1S/C40H51BrNO3P/c1-2-3-4-5-6-10-17-34-24-26-35(27-25-34)28-30-40(32-43,33-44)42-39(45)29-31-46(41,36-18-11-7-12-19-36,37-20-13-8-14-21-37)38-22-15-9-16-23-38/h7-9,11-16,18-27,43-44H,2-6,10,17,28-33H2,1H3,(H,42,45). The third kappa shape index (κ3) is 8.75. The molecule has 4 rings (SSSR count). The molecule has 3 N–H and O–H groups in total. The van der Waals surface area contributed by atoms with Crippen molar-refractivity contribution in [2.45, 2.75) is 76.7 Å². The molecule has 0 radical (unpaired) electrons. The molecule has 1 amide bonds. The van der Waals surface area contributed by atoms with Gasteiger partial charge in [0.2, 0.25) is 0 Å². The third-order valence-electron chi connectivity index (χ3n) is 9.39. The molecule has 0 saturated heterocycles. The summed E-state index contributed by atoms with van der Waals surface area (Å²) in [5.74, 6) is -0.186. The summed E-state index contributed by atoms with van der Waals surface area (Å²) in [5, 5.41) is 24.2. The average Bonchev–Trinajstić information content (AvgIpc) is 3.12. The number of aliphatic hydroxyl groups excluding tert-OH is 2. The maximum absolute atomic E-state index is 13.8. The molecule has 4 aromatic carbocycles. The van der Waals surface area contributed by atoms with E-state index in [0.717, 1.165) is 27.9 Å². The van der Waals surface area contributed by atoms with Gasteiger partial charge in [-0.2, -0.15) is 0 Å². The van der Waals surface area contributed by atoms with Gasteiger partial charge in [-0.3, -0.25) is 0 Å². The fraction of sp³-hybridized carbons (Fsp3) is 0.375. The van der Waals surface area contributed by atoms with Crippen molar-refractivity contribution in [3.8, 4) is 0 Å². The summed E-state index contributed by atoms with van der Waals surface area (Å²) in [6.07, 6.45) is 10.7. The van der Waals surface area contributed by atoms with Crippen molar-refractivity contribution >= 4 is 42.6 Å². The molecule has 0 heterocycles. The van der Waals surface area contributed by atoms with Crippen LogP contribution < -0.4 is 21.2 Å². The summed E-state index contributed by atoms with van der Waals surface area (Å²) in [7, 11) is 0. The number of nitrogens with one attached hydrogen (secondary N) is 1. The van der Waals surface area contributed by atoms with Gasteiger partial charge in [-0.05, 0) is 6.42 Å². The minimum absolute atomic E-state index is 0.186. The van der Waals surface area contributed by atoms with Gasteiger partial charge in [0.25, 0.3) is 0 Å². The number of amides is 1. The molecule has 4 nitrogen and oxygen atoms in total. The number of unbranched alkanes of at least 4 members (excludes halogenated alkanes) is 5. The first-order valence-corrected chi connectivity index (χ1v) is 21.3. The van der Waals surface area contributed by atoms with E-state index in [9.17, 15) is 15.0 Å². The number of hydrogen-bond acceptors (Lipinski definition) is 3. The Kier molecular flexibility index (Phi) is 13.6. The van der Waals surface area contributed by atoms with Crippen LogP contribution >= 0.6 is 20.8 Å². The molecule has 0 fully saturated rings. The molecule has 0 aliphatic carbocycles. The SMILES string of the molecule is CCCCCCCCc1ccc(CCC(CO)(CO)NC(=O)CCP(Br)(c2ccccc2)(c2ccccc2)c2ccccc2)cc1. The van der Waals surface area contributed by atoms with Crippen molar-refractivity contribution in [2.24, 2.45) is 0 Å². The number of halogens is 1. The first kappa shape index (κ1) is 36.0. The summed E-state index contributed by atoms with van der Waals surface area (Å²) >= 11 is 4.41. The number of carbonyl (C=O) groups is 1. The molecule has 4 aromatic rings. The van der Waals surface area contributed by atoms with Gasteiger partial charge in [0.05, 0.1) is 0 Å². The van der Waals surface area contributed by atoms with Crippen LogP contribution in [0.5, 0.6) is 0 Å². The number of aliphatic hydroxyl groups is 2. The van der Waals surface area contributed by atoms with Crippen molar-refractivity contribution in [3.63, 3.8) is 0 Å². The Morgan fingerprint density at radius 1 is 0.652 bits per heavy atom. The zero-order valence-corrected chi connectivity index (χ0v) is 29.8. The molecule has 46 heavy (non-hydrogen) atoms. The van der Waals surface area contributed by atoms with Gasteiger partial charge in [-0.25, -0.2) is 0 Å². The molecule has 0 aliphatic heterocycles. The van der Waals surface area contributed by atoms with Crippen LogP contribution in [0.25, 0.3) is 0 Å². The Hall–Kier alpha value is -2.82. The molecule has 0 aliphatic rings. The van der Waals surface area contributed by atoms with Gasteiger partial charge in [0.1, 0.15) is 0 Å². The van der Waals surface area contributed by atoms with Gasteiger partial charge in [0, 0.05) is 0 Å². The van der Waals surface area contributed by atoms with E-state index in [1.54, 1.807) is 0 Å². The van der Waals surface area contributed by atoms with E-state index in [0.29, 0.717) is 19.0 Å². The molecule has 246 valence electrons. The van der Waals surface area contributed by atoms with Gasteiger partial charge < -0.3 is 0 Å². The number of hydrogen-bond donors (Lipinski definition) is 3. The maximum atomic E-state index is 13.8. The van der Waals surface area contributed by atoms with E-state index in [4.69, 9.17) is 0 Å². The molecule has 0 saturated carbocycles. The van der Waals surface area contributed by atoms with Crippen LogP contribution in [0.2, 0.25) is 0 Å². The predicted molar refractivity (Wildman–Crippen MR) is 200 cm³/mol. The third-order valence-corrected chi connectivity index (χ3v) is 19.3. The van der Waals surface area contributed by atoms with E-state index in [1.807, 2.05) is 54.6 Å². The van der Waals surface area contributed by atoms with Crippen molar-refractivity contribution in [1.82, 2.24) is 5.32 Å². The zero-order chi connectivity index (χ0) is 32.7. The number of carbonyl (C=O) groups excluding carboxylic acids is 1. The van der Waals surface area contributed by atoms with Gasteiger partial charge in [-0.15, -0.1) is 0 Å². The topological polar surface area (TPSA) is 69.6 Å². The van der Waals surface area contributed by atoms with Crippen molar-refractivity contribution in [2.75, 3.05) is 19.4 Å². The Morgan fingerprint density at radius 3 is 1.54 bits per heavy atom. The zero-order valence-electron chi connectivity index (χ0n) is 27.3. The molecular formula is C40H51BrNO3P.